The van der Waals surface area contributed by atoms with Crippen LogP contribution in [0.2, 0.25) is 10.0 Å². The molecule has 2 nitrogen and oxygen atoms in total. The SMILES string of the molecule is CC(C)C1COC(c2ccc(Cl)cc2Cl)CN1. The van der Waals surface area contributed by atoms with Crippen LogP contribution >= 0.6 is 23.2 Å². The van der Waals surface area contributed by atoms with Gasteiger partial charge in [-0.25, -0.2) is 0 Å². The predicted octanol–water partition coefficient (Wildman–Crippen LogP) is 3.68. The number of nitrogens with one attached hydrogen (secondary N) is 1. The second-order valence-electron chi connectivity index (χ2n) is 4.75. The molecule has 0 saturated carbocycles. The molecular formula is C13H17Cl2NO. The van der Waals surface area contributed by atoms with Gasteiger partial charge in [-0.15, -0.1) is 0 Å². The Balaban J connectivity index is 2.05. The van der Waals surface area contributed by atoms with E-state index < -0.39 is 0 Å². The van der Waals surface area contributed by atoms with Crippen LogP contribution in [0, 0.1) is 5.92 Å². The standard InChI is InChI=1S/C13H17Cl2NO/c1-8(2)12-7-17-13(6-16-12)10-4-3-9(14)5-11(10)15/h3-5,8,12-13,16H,6-7H2,1-2H3. The zero-order valence-corrected chi connectivity index (χ0v) is 11.6. The molecule has 1 heterocycles. The first-order valence-electron chi connectivity index (χ1n) is 5.88. The van der Waals surface area contributed by atoms with Crippen LogP contribution in [0.1, 0.15) is 25.5 Å². The highest BCUT2D eigenvalue weighted by molar-refractivity contribution is 6.35. The molecule has 2 unspecified atom stereocenters. The quantitative estimate of drug-likeness (QED) is 0.888. The summed E-state index contributed by atoms with van der Waals surface area (Å²) >= 11 is 12.0. The van der Waals surface area contributed by atoms with Gasteiger partial charge in [0.2, 0.25) is 0 Å². The summed E-state index contributed by atoms with van der Waals surface area (Å²) in [4.78, 5) is 0. The van der Waals surface area contributed by atoms with Gasteiger partial charge >= 0.3 is 0 Å². The Kier molecular flexibility index (Phi) is 4.31. The van der Waals surface area contributed by atoms with Gasteiger partial charge in [-0.05, 0) is 18.1 Å². The van der Waals surface area contributed by atoms with E-state index in [-0.39, 0.29) is 6.10 Å². The summed E-state index contributed by atoms with van der Waals surface area (Å²) in [5, 5.41) is 4.82. The Bertz CT molecular complexity index is 387. The summed E-state index contributed by atoms with van der Waals surface area (Å²) in [5.74, 6) is 0.580. The molecule has 2 atom stereocenters. The number of ether oxygens (including phenoxy) is 1. The largest absolute Gasteiger partial charge is 0.371 e. The minimum absolute atomic E-state index is 0.0229. The highest BCUT2D eigenvalue weighted by Gasteiger charge is 2.25. The van der Waals surface area contributed by atoms with Crippen LogP contribution < -0.4 is 5.32 Å². The number of hydrogen-bond donors (Lipinski definition) is 1. The van der Waals surface area contributed by atoms with Crippen LogP contribution in [0.15, 0.2) is 18.2 Å². The van der Waals surface area contributed by atoms with Gasteiger partial charge in [0.15, 0.2) is 0 Å². The summed E-state index contributed by atoms with van der Waals surface area (Å²) in [7, 11) is 0. The molecule has 1 saturated heterocycles. The van der Waals surface area contributed by atoms with Gasteiger partial charge in [0.1, 0.15) is 0 Å². The number of benzene rings is 1. The van der Waals surface area contributed by atoms with Gasteiger partial charge in [0.05, 0.1) is 12.7 Å². The van der Waals surface area contributed by atoms with E-state index in [1.54, 1.807) is 6.07 Å². The third kappa shape index (κ3) is 3.14. The summed E-state index contributed by atoms with van der Waals surface area (Å²) in [6, 6.07) is 5.97. The number of halogens is 2. The van der Waals surface area contributed by atoms with Gasteiger partial charge in [0, 0.05) is 28.2 Å². The number of morpholine rings is 1. The van der Waals surface area contributed by atoms with Crippen molar-refractivity contribution < 1.29 is 4.74 Å². The molecular weight excluding hydrogens is 257 g/mol. The molecule has 17 heavy (non-hydrogen) atoms. The Morgan fingerprint density at radius 1 is 1.35 bits per heavy atom. The molecule has 94 valence electrons. The van der Waals surface area contributed by atoms with Gasteiger partial charge < -0.3 is 10.1 Å². The molecule has 1 aromatic rings. The fourth-order valence-corrected chi connectivity index (χ4v) is 2.52. The van der Waals surface area contributed by atoms with Crippen LogP contribution in [0.25, 0.3) is 0 Å². The van der Waals surface area contributed by atoms with E-state index in [9.17, 15) is 0 Å². The van der Waals surface area contributed by atoms with Crippen molar-refractivity contribution in [3.8, 4) is 0 Å². The molecule has 0 spiro atoms. The topological polar surface area (TPSA) is 21.3 Å². The number of rotatable bonds is 2. The molecule has 0 bridgehead atoms. The molecule has 1 N–H and O–H groups in total. The zero-order valence-electron chi connectivity index (χ0n) is 10.0. The maximum Gasteiger partial charge on any atom is 0.0964 e. The lowest BCUT2D eigenvalue weighted by molar-refractivity contribution is -0.00705. The first kappa shape index (κ1) is 13.2. The normalized spacial score (nSPS) is 25.2. The maximum atomic E-state index is 6.17. The van der Waals surface area contributed by atoms with Crippen molar-refractivity contribution in [2.24, 2.45) is 5.92 Å². The third-order valence-corrected chi connectivity index (χ3v) is 3.72. The molecule has 0 amide bonds. The number of hydrogen-bond acceptors (Lipinski definition) is 2. The monoisotopic (exact) mass is 273 g/mol. The van der Waals surface area contributed by atoms with Crippen LogP contribution in [0.4, 0.5) is 0 Å². The minimum atomic E-state index is 0.0229. The Labute approximate surface area is 112 Å². The van der Waals surface area contributed by atoms with E-state index in [0.29, 0.717) is 22.0 Å². The van der Waals surface area contributed by atoms with Crippen LogP contribution in [0.3, 0.4) is 0 Å². The molecule has 4 heteroatoms. The minimum Gasteiger partial charge on any atom is -0.371 e. The second kappa shape index (κ2) is 5.57. The molecule has 0 aliphatic carbocycles. The summed E-state index contributed by atoms with van der Waals surface area (Å²) in [5.41, 5.74) is 1.01. The van der Waals surface area contributed by atoms with E-state index in [0.717, 1.165) is 18.7 Å². The fraction of sp³-hybridized carbons (Fsp3) is 0.538. The van der Waals surface area contributed by atoms with Crippen molar-refractivity contribution in [3.05, 3.63) is 33.8 Å². The summed E-state index contributed by atoms with van der Waals surface area (Å²) in [6.45, 7) is 5.90. The first-order chi connectivity index (χ1) is 8.08. The third-order valence-electron chi connectivity index (χ3n) is 3.16. The molecule has 1 fully saturated rings. The average Bonchev–Trinajstić information content (AvgIpc) is 2.29. The lowest BCUT2D eigenvalue weighted by Crippen LogP contribution is -2.45. The molecule has 1 aromatic carbocycles. The van der Waals surface area contributed by atoms with E-state index in [1.807, 2.05) is 12.1 Å². The molecule has 1 aliphatic rings. The Morgan fingerprint density at radius 2 is 2.12 bits per heavy atom. The van der Waals surface area contributed by atoms with E-state index in [4.69, 9.17) is 27.9 Å². The van der Waals surface area contributed by atoms with E-state index in [2.05, 4.69) is 19.2 Å². The van der Waals surface area contributed by atoms with Crippen LogP contribution in [0.5, 0.6) is 0 Å². The van der Waals surface area contributed by atoms with Crippen LogP contribution in [-0.2, 0) is 4.74 Å². The van der Waals surface area contributed by atoms with Crippen molar-refractivity contribution in [3.63, 3.8) is 0 Å². The van der Waals surface area contributed by atoms with Gasteiger partial charge in [-0.1, -0.05) is 43.1 Å². The van der Waals surface area contributed by atoms with Crippen molar-refractivity contribution in [1.29, 1.82) is 0 Å². The first-order valence-corrected chi connectivity index (χ1v) is 6.63. The molecule has 0 radical (unpaired) electrons. The van der Waals surface area contributed by atoms with Gasteiger partial charge in [0.25, 0.3) is 0 Å². The second-order valence-corrected chi connectivity index (χ2v) is 5.59. The van der Waals surface area contributed by atoms with Gasteiger partial charge in [-0.3, -0.25) is 0 Å². The molecule has 1 aliphatic heterocycles. The lowest BCUT2D eigenvalue weighted by Gasteiger charge is -2.33. The summed E-state index contributed by atoms with van der Waals surface area (Å²) in [6.07, 6.45) is 0.0229. The van der Waals surface area contributed by atoms with Crippen molar-refractivity contribution in [2.45, 2.75) is 26.0 Å². The molecule has 2 rings (SSSR count). The van der Waals surface area contributed by atoms with Crippen molar-refractivity contribution in [2.75, 3.05) is 13.2 Å². The van der Waals surface area contributed by atoms with E-state index in [1.165, 1.54) is 0 Å². The highest BCUT2D eigenvalue weighted by Crippen LogP contribution is 2.30. The van der Waals surface area contributed by atoms with Crippen molar-refractivity contribution >= 4 is 23.2 Å². The average molecular weight is 274 g/mol. The maximum absolute atomic E-state index is 6.17. The fourth-order valence-electron chi connectivity index (χ4n) is 1.99. The van der Waals surface area contributed by atoms with Crippen LogP contribution in [-0.4, -0.2) is 19.2 Å². The zero-order chi connectivity index (χ0) is 12.4. The van der Waals surface area contributed by atoms with Gasteiger partial charge in [-0.2, -0.15) is 0 Å². The predicted molar refractivity (Wildman–Crippen MR) is 71.8 cm³/mol. The Morgan fingerprint density at radius 3 is 2.65 bits per heavy atom. The van der Waals surface area contributed by atoms with E-state index >= 15 is 0 Å². The smallest absolute Gasteiger partial charge is 0.0964 e. The Hall–Kier alpha value is -0.280. The highest BCUT2D eigenvalue weighted by atomic mass is 35.5. The lowest BCUT2D eigenvalue weighted by atomic mass is 10.0. The molecule has 0 aromatic heterocycles. The van der Waals surface area contributed by atoms with Crippen molar-refractivity contribution in [1.82, 2.24) is 5.32 Å². The summed E-state index contributed by atoms with van der Waals surface area (Å²) < 4.78 is 5.87.